The number of halogens is 2. The maximum Gasteiger partial charge on any atom is 0.181 e. The van der Waals surface area contributed by atoms with E-state index in [0.717, 1.165) is 49.8 Å². The maximum atomic E-state index is 13.3. The summed E-state index contributed by atoms with van der Waals surface area (Å²) in [5, 5.41) is 8.42. The molecule has 2 saturated heterocycles. The van der Waals surface area contributed by atoms with E-state index in [0.29, 0.717) is 23.7 Å². The Bertz CT molecular complexity index is 861. The molecule has 2 fully saturated rings. The molecular weight excluding hydrogens is 403 g/mol. The van der Waals surface area contributed by atoms with Gasteiger partial charge in [0.1, 0.15) is 0 Å². The molecule has 0 radical (unpaired) electrons. The molecule has 2 aliphatic rings. The van der Waals surface area contributed by atoms with Gasteiger partial charge in [-0.1, -0.05) is 30.3 Å². The normalized spacial score (nSPS) is 19.3. The Morgan fingerprint density at radius 3 is 1.93 bits per heavy atom. The minimum Gasteiger partial charge on any atom is -0.317 e. The average molecular weight is 431 g/mol. The lowest BCUT2D eigenvalue weighted by Crippen LogP contribution is -2.35. The predicted molar refractivity (Wildman–Crippen MR) is 116 cm³/mol. The highest BCUT2D eigenvalue weighted by atomic mass is 35.5. The third-order valence-corrected chi connectivity index (χ3v) is 8.05. The summed E-state index contributed by atoms with van der Waals surface area (Å²) in [6.07, 6.45) is 3.63. The first-order chi connectivity index (χ1) is 12.2. The van der Waals surface area contributed by atoms with E-state index >= 15 is 0 Å². The van der Waals surface area contributed by atoms with Crippen molar-refractivity contribution in [1.82, 2.24) is 10.6 Å². The third-order valence-electron chi connectivity index (χ3n) is 5.73. The van der Waals surface area contributed by atoms with Gasteiger partial charge in [-0.05, 0) is 74.8 Å². The van der Waals surface area contributed by atoms with Crippen LogP contribution in [0.3, 0.4) is 0 Å². The van der Waals surface area contributed by atoms with Crippen LogP contribution in [0.1, 0.15) is 37.2 Å². The lowest BCUT2D eigenvalue weighted by molar-refractivity contribution is 0.462. The molecule has 2 aromatic carbocycles. The number of piperidine rings is 2. The van der Waals surface area contributed by atoms with Crippen molar-refractivity contribution in [2.75, 3.05) is 26.2 Å². The molecule has 2 aromatic rings. The van der Waals surface area contributed by atoms with Crippen LogP contribution in [0.15, 0.2) is 41.3 Å². The van der Waals surface area contributed by atoms with E-state index < -0.39 is 9.84 Å². The van der Waals surface area contributed by atoms with Gasteiger partial charge in [0.25, 0.3) is 0 Å². The highest BCUT2D eigenvalue weighted by molar-refractivity contribution is 7.92. The van der Waals surface area contributed by atoms with E-state index in [-0.39, 0.29) is 30.1 Å². The molecule has 0 unspecified atom stereocenters. The number of hydrogen-bond donors (Lipinski definition) is 2. The van der Waals surface area contributed by atoms with Gasteiger partial charge in [0.05, 0.1) is 10.1 Å². The average Bonchev–Trinajstić information content (AvgIpc) is 2.68. The van der Waals surface area contributed by atoms with Crippen LogP contribution in [-0.4, -0.2) is 39.8 Å². The van der Waals surface area contributed by atoms with E-state index in [9.17, 15) is 8.42 Å². The molecule has 150 valence electrons. The number of rotatable bonds is 3. The van der Waals surface area contributed by atoms with Crippen LogP contribution in [0.25, 0.3) is 10.8 Å². The lowest BCUT2D eigenvalue weighted by atomic mass is 9.87. The van der Waals surface area contributed by atoms with Gasteiger partial charge in [-0.25, -0.2) is 8.42 Å². The van der Waals surface area contributed by atoms with Gasteiger partial charge in [-0.2, -0.15) is 0 Å². The fourth-order valence-corrected chi connectivity index (χ4v) is 6.27. The van der Waals surface area contributed by atoms with E-state index in [1.54, 1.807) is 0 Å². The van der Waals surface area contributed by atoms with Crippen molar-refractivity contribution >= 4 is 45.4 Å². The first-order valence-electron chi connectivity index (χ1n) is 9.35. The SMILES string of the molecule is Cl.Cl.O=S(=O)(c1ccc(C2CCNCC2)c2ccccc12)C1CCNCC1. The Morgan fingerprint density at radius 1 is 0.741 bits per heavy atom. The van der Waals surface area contributed by atoms with Crippen molar-refractivity contribution in [3.8, 4) is 0 Å². The van der Waals surface area contributed by atoms with E-state index in [1.807, 2.05) is 24.3 Å². The fourth-order valence-electron chi connectivity index (χ4n) is 4.32. The van der Waals surface area contributed by atoms with Crippen molar-refractivity contribution in [1.29, 1.82) is 0 Å². The Labute approximate surface area is 174 Å². The zero-order valence-corrected chi connectivity index (χ0v) is 17.8. The van der Waals surface area contributed by atoms with Gasteiger partial charge < -0.3 is 10.6 Å². The molecule has 4 rings (SSSR count). The Hall–Kier alpha value is -0.850. The minimum absolute atomic E-state index is 0. The zero-order valence-electron chi connectivity index (χ0n) is 15.3. The van der Waals surface area contributed by atoms with Crippen molar-refractivity contribution in [3.05, 3.63) is 42.0 Å². The van der Waals surface area contributed by atoms with E-state index in [4.69, 9.17) is 0 Å². The summed E-state index contributed by atoms with van der Waals surface area (Å²) >= 11 is 0. The van der Waals surface area contributed by atoms with Crippen molar-refractivity contribution in [2.24, 2.45) is 0 Å². The molecule has 0 atom stereocenters. The molecule has 27 heavy (non-hydrogen) atoms. The summed E-state index contributed by atoms with van der Waals surface area (Å²) in [5.41, 5.74) is 1.31. The summed E-state index contributed by atoms with van der Waals surface area (Å²) < 4.78 is 26.5. The Kier molecular flexibility index (Phi) is 7.95. The van der Waals surface area contributed by atoms with Crippen LogP contribution in [0.5, 0.6) is 0 Å². The molecule has 0 bridgehead atoms. The van der Waals surface area contributed by atoms with E-state index in [2.05, 4.69) is 22.8 Å². The quantitative estimate of drug-likeness (QED) is 0.779. The second kappa shape index (κ2) is 9.57. The minimum atomic E-state index is -3.29. The largest absolute Gasteiger partial charge is 0.317 e. The van der Waals surface area contributed by atoms with Crippen molar-refractivity contribution in [3.63, 3.8) is 0 Å². The van der Waals surface area contributed by atoms with Crippen molar-refractivity contribution < 1.29 is 8.42 Å². The summed E-state index contributed by atoms with van der Waals surface area (Å²) in [4.78, 5) is 0.521. The molecule has 4 nitrogen and oxygen atoms in total. The van der Waals surface area contributed by atoms with Crippen LogP contribution < -0.4 is 10.6 Å². The van der Waals surface area contributed by atoms with Gasteiger partial charge in [0.2, 0.25) is 0 Å². The number of sulfone groups is 1. The second-order valence-corrected chi connectivity index (χ2v) is 9.41. The molecule has 2 N–H and O–H groups in total. The van der Waals surface area contributed by atoms with Gasteiger partial charge in [0, 0.05) is 5.39 Å². The number of benzene rings is 2. The number of nitrogens with one attached hydrogen (secondary N) is 2. The molecule has 7 heteroatoms. The van der Waals surface area contributed by atoms with Crippen molar-refractivity contribution in [2.45, 2.75) is 41.7 Å². The van der Waals surface area contributed by atoms with Gasteiger partial charge in [-0.3, -0.25) is 0 Å². The lowest BCUT2D eigenvalue weighted by Gasteiger charge is -2.26. The summed E-state index contributed by atoms with van der Waals surface area (Å²) in [6.45, 7) is 3.65. The molecule has 2 heterocycles. The standard InChI is InChI=1S/C20H26N2O2S.2ClH/c23-25(24,16-9-13-22-14-10-16)20-6-5-17(15-7-11-21-12-8-15)18-3-1-2-4-19(18)20;;/h1-6,15-16,21-22H,7-14H2;2*1H. The maximum absolute atomic E-state index is 13.3. The highest BCUT2D eigenvalue weighted by Gasteiger charge is 2.31. The summed E-state index contributed by atoms with van der Waals surface area (Å²) in [5.74, 6) is 0.516. The van der Waals surface area contributed by atoms with Crippen LogP contribution in [0.4, 0.5) is 0 Å². The highest BCUT2D eigenvalue weighted by Crippen LogP contribution is 2.36. The third kappa shape index (κ3) is 4.43. The van der Waals surface area contributed by atoms with Crippen LogP contribution in [0.2, 0.25) is 0 Å². The van der Waals surface area contributed by atoms with Crippen LogP contribution in [0, 0.1) is 0 Å². The first kappa shape index (κ1) is 22.4. The summed E-state index contributed by atoms with van der Waals surface area (Å²) in [7, 11) is -3.29. The van der Waals surface area contributed by atoms with Gasteiger partial charge >= 0.3 is 0 Å². The molecule has 0 aliphatic carbocycles. The molecule has 2 aliphatic heterocycles. The smallest absolute Gasteiger partial charge is 0.181 e. The first-order valence-corrected chi connectivity index (χ1v) is 10.9. The molecule has 0 amide bonds. The molecule has 0 aromatic heterocycles. The fraction of sp³-hybridized carbons (Fsp3) is 0.500. The molecular formula is C20H28Cl2N2O2S. The monoisotopic (exact) mass is 430 g/mol. The van der Waals surface area contributed by atoms with Crippen LogP contribution in [-0.2, 0) is 9.84 Å². The number of fused-ring (bicyclic) bond motifs is 1. The Balaban J connectivity index is 0.00000131. The topological polar surface area (TPSA) is 58.2 Å². The van der Waals surface area contributed by atoms with Crippen LogP contribution >= 0.6 is 24.8 Å². The molecule has 0 saturated carbocycles. The van der Waals surface area contributed by atoms with Gasteiger partial charge in [0.15, 0.2) is 9.84 Å². The predicted octanol–water partition coefficient (Wildman–Crippen LogP) is 3.68. The molecule has 0 spiro atoms. The zero-order chi connectivity index (χ0) is 17.3. The van der Waals surface area contributed by atoms with Gasteiger partial charge in [-0.15, -0.1) is 24.8 Å². The Morgan fingerprint density at radius 2 is 1.30 bits per heavy atom. The van der Waals surface area contributed by atoms with E-state index in [1.165, 1.54) is 5.56 Å². The summed E-state index contributed by atoms with van der Waals surface area (Å²) in [6, 6.07) is 12.0. The second-order valence-electron chi connectivity index (χ2n) is 7.22. The number of hydrogen-bond acceptors (Lipinski definition) is 4.